The third-order valence-corrected chi connectivity index (χ3v) is 2.46. The molecule has 1 aromatic rings. The first-order chi connectivity index (χ1) is 9.51. The SMILES string of the molecule is NCCNC(=O)c1cc(O)c(C(=O)NCCN)cc1O. The van der Waals surface area contributed by atoms with Gasteiger partial charge in [-0.05, 0) is 12.1 Å². The van der Waals surface area contributed by atoms with Crippen molar-refractivity contribution in [3.63, 3.8) is 0 Å². The second kappa shape index (κ2) is 7.31. The Morgan fingerprint density at radius 2 is 1.25 bits per heavy atom. The van der Waals surface area contributed by atoms with Gasteiger partial charge in [0, 0.05) is 26.2 Å². The molecule has 0 fully saturated rings. The van der Waals surface area contributed by atoms with Gasteiger partial charge >= 0.3 is 0 Å². The van der Waals surface area contributed by atoms with Gasteiger partial charge in [-0.25, -0.2) is 0 Å². The fourth-order valence-corrected chi connectivity index (χ4v) is 1.50. The first-order valence-corrected chi connectivity index (χ1v) is 6.03. The number of rotatable bonds is 6. The molecule has 1 aromatic carbocycles. The number of amides is 2. The lowest BCUT2D eigenvalue weighted by molar-refractivity contribution is 0.0937. The number of carbonyl (C=O) groups is 2. The Balaban J connectivity index is 2.96. The zero-order valence-electron chi connectivity index (χ0n) is 10.8. The van der Waals surface area contributed by atoms with Crippen molar-refractivity contribution in [2.24, 2.45) is 11.5 Å². The van der Waals surface area contributed by atoms with Crippen molar-refractivity contribution in [2.45, 2.75) is 0 Å². The van der Waals surface area contributed by atoms with Gasteiger partial charge in [0.1, 0.15) is 11.5 Å². The lowest BCUT2D eigenvalue weighted by Crippen LogP contribution is -2.30. The molecule has 0 aliphatic rings. The van der Waals surface area contributed by atoms with E-state index in [0.29, 0.717) is 0 Å². The van der Waals surface area contributed by atoms with Crippen molar-refractivity contribution < 1.29 is 19.8 Å². The molecule has 2 amide bonds. The van der Waals surface area contributed by atoms with Crippen molar-refractivity contribution in [3.05, 3.63) is 23.3 Å². The number of benzene rings is 1. The fourth-order valence-electron chi connectivity index (χ4n) is 1.50. The summed E-state index contributed by atoms with van der Waals surface area (Å²) >= 11 is 0. The van der Waals surface area contributed by atoms with Crippen molar-refractivity contribution in [1.82, 2.24) is 10.6 Å². The molecule has 8 heteroatoms. The van der Waals surface area contributed by atoms with E-state index in [1.807, 2.05) is 0 Å². The summed E-state index contributed by atoms with van der Waals surface area (Å²) in [6.07, 6.45) is 0. The summed E-state index contributed by atoms with van der Waals surface area (Å²) in [6.45, 7) is 0.964. The van der Waals surface area contributed by atoms with Crippen molar-refractivity contribution in [3.8, 4) is 11.5 Å². The van der Waals surface area contributed by atoms with Gasteiger partial charge in [-0.1, -0.05) is 0 Å². The Morgan fingerprint density at radius 1 is 0.900 bits per heavy atom. The minimum atomic E-state index is -0.586. The van der Waals surface area contributed by atoms with Crippen LogP contribution in [0.5, 0.6) is 11.5 Å². The number of phenols is 2. The standard InChI is InChI=1S/C12H18N4O4/c13-1-3-15-11(19)7-5-10(18)8(6-9(7)17)12(20)16-4-2-14/h5-6,17-18H,1-4,13-14H2,(H,15,19)(H,16,20). The van der Waals surface area contributed by atoms with Crippen LogP contribution in [0.2, 0.25) is 0 Å². The summed E-state index contributed by atoms with van der Waals surface area (Å²) in [4.78, 5) is 23.3. The quantitative estimate of drug-likeness (QED) is 0.348. The first kappa shape index (κ1) is 15.7. The van der Waals surface area contributed by atoms with Crippen molar-refractivity contribution in [1.29, 1.82) is 0 Å². The Morgan fingerprint density at radius 3 is 1.55 bits per heavy atom. The summed E-state index contributed by atoms with van der Waals surface area (Å²) < 4.78 is 0. The lowest BCUT2D eigenvalue weighted by Gasteiger charge is -2.10. The molecule has 20 heavy (non-hydrogen) atoms. The number of hydrogen-bond acceptors (Lipinski definition) is 6. The average Bonchev–Trinajstić information content (AvgIpc) is 2.44. The highest BCUT2D eigenvalue weighted by atomic mass is 16.3. The van der Waals surface area contributed by atoms with E-state index in [2.05, 4.69) is 10.6 Å². The monoisotopic (exact) mass is 282 g/mol. The normalized spacial score (nSPS) is 10.1. The predicted octanol–water partition coefficient (Wildman–Crippen LogP) is -1.53. The molecule has 0 atom stereocenters. The smallest absolute Gasteiger partial charge is 0.255 e. The van der Waals surface area contributed by atoms with E-state index >= 15 is 0 Å². The molecule has 110 valence electrons. The maximum absolute atomic E-state index is 11.7. The van der Waals surface area contributed by atoms with Crippen LogP contribution < -0.4 is 22.1 Å². The van der Waals surface area contributed by atoms with Crippen LogP contribution in [0.25, 0.3) is 0 Å². The molecule has 0 aromatic heterocycles. The van der Waals surface area contributed by atoms with Gasteiger partial charge in [0.25, 0.3) is 11.8 Å². The van der Waals surface area contributed by atoms with Gasteiger partial charge in [0.15, 0.2) is 0 Å². The Kier molecular flexibility index (Phi) is 5.75. The van der Waals surface area contributed by atoms with Crippen molar-refractivity contribution in [2.75, 3.05) is 26.2 Å². The number of hydrogen-bond donors (Lipinski definition) is 6. The van der Waals surface area contributed by atoms with Crippen molar-refractivity contribution >= 4 is 11.8 Å². The first-order valence-electron chi connectivity index (χ1n) is 6.03. The summed E-state index contributed by atoms with van der Waals surface area (Å²) in [6, 6.07) is 2.05. The molecule has 0 heterocycles. The van der Waals surface area contributed by atoms with Crippen LogP contribution >= 0.6 is 0 Å². The minimum Gasteiger partial charge on any atom is -0.507 e. The van der Waals surface area contributed by atoms with Crippen LogP contribution in [0.15, 0.2) is 12.1 Å². The molecule has 0 unspecified atom stereocenters. The molecule has 0 bridgehead atoms. The average molecular weight is 282 g/mol. The maximum Gasteiger partial charge on any atom is 0.255 e. The molecule has 0 spiro atoms. The zero-order valence-corrected chi connectivity index (χ0v) is 10.8. The van der Waals surface area contributed by atoms with Gasteiger partial charge in [-0.3, -0.25) is 9.59 Å². The highest BCUT2D eigenvalue weighted by Crippen LogP contribution is 2.27. The number of carbonyl (C=O) groups excluding carboxylic acids is 2. The van der Waals surface area contributed by atoms with E-state index in [1.165, 1.54) is 0 Å². The van der Waals surface area contributed by atoms with E-state index in [1.54, 1.807) is 0 Å². The number of aromatic hydroxyl groups is 2. The predicted molar refractivity (Wildman–Crippen MR) is 72.5 cm³/mol. The van der Waals surface area contributed by atoms with Gasteiger partial charge < -0.3 is 32.3 Å². The molecule has 8 nitrogen and oxygen atoms in total. The molecule has 0 radical (unpaired) electrons. The van der Waals surface area contributed by atoms with Crippen LogP contribution in [0.3, 0.4) is 0 Å². The number of nitrogens with two attached hydrogens (primary N) is 2. The van der Waals surface area contributed by atoms with E-state index in [9.17, 15) is 19.8 Å². The van der Waals surface area contributed by atoms with Crippen LogP contribution in [0, 0.1) is 0 Å². The molecule has 0 aliphatic heterocycles. The summed E-state index contributed by atoms with van der Waals surface area (Å²) in [5.74, 6) is -1.99. The topological polar surface area (TPSA) is 151 Å². The Labute approximate surface area is 115 Å². The Hall–Kier alpha value is -2.32. The second-order valence-corrected chi connectivity index (χ2v) is 3.98. The lowest BCUT2D eigenvalue weighted by atomic mass is 10.1. The van der Waals surface area contributed by atoms with Crippen LogP contribution in [0.1, 0.15) is 20.7 Å². The van der Waals surface area contributed by atoms with E-state index < -0.39 is 23.3 Å². The molecular formula is C12H18N4O4. The van der Waals surface area contributed by atoms with E-state index in [-0.39, 0.29) is 37.3 Å². The summed E-state index contributed by atoms with van der Waals surface area (Å²) in [5, 5.41) is 24.4. The largest absolute Gasteiger partial charge is 0.507 e. The third kappa shape index (κ3) is 3.84. The highest BCUT2D eigenvalue weighted by molar-refractivity contribution is 6.02. The van der Waals surface area contributed by atoms with E-state index in [0.717, 1.165) is 12.1 Å². The van der Waals surface area contributed by atoms with Gasteiger partial charge in [0.05, 0.1) is 11.1 Å². The Bertz CT molecular complexity index is 459. The second-order valence-electron chi connectivity index (χ2n) is 3.98. The fraction of sp³-hybridized carbons (Fsp3) is 0.333. The third-order valence-electron chi connectivity index (χ3n) is 2.46. The molecular weight excluding hydrogens is 264 g/mol. The summed E-state index contributed by atoms with van der Waals surface area (Å²) in [7, 11) is 0. The highest BCUT2D eigenvalue weighted by Gasteiger charge is 2.18. The van der Waals surface area contributed by atoms with Gasteiger partial charge in [-0.2, -0.15) is 0 Å². The molecule has 0 saturated heterocycles. The van der Waals surface area contributed by atoms with Crippen LogP contribution in [0.4, 0.5) is 0 Å². The van der Waals surface area contributed by atoms with E-state index in [4.69, 9.17) is 11.5 Å². The molecule has 0 aliphatic carbocycles. The molecule has 8 N–H and O–H groups in total. The zero-order chi connectivity index (χ0) is 15.1. The number of phenolic OH excluding ortho intramolecular Hbond substituents is 2. The van der Waals surface area contributed by atoms with Gasteiger partial charge in [-0.15, -0.1) is 0 Å². The number of nitrogens with one attached hydrogen (secondary N) is 2. The van der Waals surface area contributed by atoms with Crippen LogP contribution in [-0.2, 0) is 0 Å². The molecule has 1 rings (SSSR count). The minimum absolute atomic E-state index is 0.133. The van der Waals surface area contributed by atoms with Gasteiger partial charge in [0.2, 0.25) is 0 Å². The molecule has 0 saturated carbocycles. The van der Waals surface area contributed by atoms with Crippen LogP contribution in [-0.4, -0.2) is 48.2 Å². The summed E-state index contributed by atoms with van der Waals surface area (Å²) in [5.41, 5.74) is 10.2. The maximum atomic E-state index is 11.7.